The van der Waals surface area contributed by atoms with E-state index < -0.39 is 5.97 Å². The van der Waals surface area contributed by atoms with Crippen LogP contribution < -0.4 is 4.74 Å². The van der Waals surface area contributed by atoms with Crippen LogP contribution in [0, 0.1) is 0 Å². The Hall–Kier alpha value is -1.55. The average molecular weight is 250 g/mol. The Morgan fingerprint density at radius 3 is 2.67 bits per heavy atom. The third-order valence-electron chi connectivity index (χ3n) is 3.52. The lowest BCUT2D eigenvalue weighted by Crippen LogP contribution is -2.48. The first-order valence-electron chi connectivity index (χ1n) is 6.08. The second-order valence-electron chi connectivity index (χ2n) is 4.72. The fourth-order valence-corrected chi connectivity index (χ4v) is 2.39. The van der Waals surface area contributed by atoms with Crippen molar-refractivity contribution in [3.63, 3.8) is 0 Å². The quantitative estimate of drug-likeness (QED) is 0.868. The van der Waals surface area contributed by atoms with E-state index >= 15 is 0 Å². The molecule has 4 nitrogen and oxygen atoms in total. The van der Waals surface area contributed by atoms with Crippen LogP contribution in [0.15, 0.2) is 18.2 Å². The molecule has 4 heteroatoms. The number of carboxylic acids is 1. The Labute approximate surface area is 107 Å². The van der Waals surface area contributed by atoms with Crippen molar-refractivity contribution in [3.05, 3.63) is 29.3 Å². The van der Waals surface area contributed by atoms with Gasteiger partial charge in [0.25, 0.3) is 0 Å². The fraction of sp³-hybridized carbons (Fsp3) is 0.500. The summed E-state index contributed by atoms with van der Waals surface area (Å²) in [5.41, 5.74) is 1.78. The van der Waals surface area contributed by atoms with Gasteiger partial charge in [-0.1, -0.05) is 19.1 Å². The largest absolute Gasteiger partial charge is 0.496 e. The van der Waals surface area contributed by atoms with Crippen LogP contribution in [0.2, 0.25) is 0 Å². The van der Waals surface area contributed by atoms with Gasteiger partial charge in [-0.05, 0) is 23.6 Å². The van der Waals surface area contributed by atoms with Crippen LogP contribution in [0.3, 0.4) is 0 Å². The highest BCUT2D eigenvalue weighted by Gasteiger charge is 2.42. The van der Waals surface area contributed by atoms with Crippen molar-refractivity contribution >= 4 is 5.97 Å². The van der Waals surface area contributed by atoms with Crippen molar-refractivity contribution in [2.45, 2.75) is 25.2 Å². The van der Waals surface area contributed by atoms with Gasteiger partial charge in [0.05, 0.1) is 32.2 Å². The lowest BCUT2D eigenvalue weighted by Gasteiger charge is -2.41. The lowest BCUT2D eigenvalue weighted by molar-refractivity contribution is -0.145. The van der Waals surface area contributed by atoms with Crippen molar-refractivity contribution in [2.24, 2.45) is 0 Å². The standard InChI is InChI=1S/C14H18O4/c1-3-10-6-11(4-5-12(10)17-2)14(7-13(15)16)8-18-9-14/h4-6H,3,7-9H2,1-2H3,(H,15,16). The number of rotatable bonds is 5. The molecule has 2 rings (SSSR count). The molecule has 0 atom stereocenters. The van der Waals surface area contributed by atoms with E-state index in [0.717, 1.165) is 23.3 Å². The second-order valence-corrected chi connectivity index (χ2v) is 4.72. The Morgan fingerprint density at radius 1 is 1.50 bits per heavy atom. The maximum absolute atomic E-state index is 11.0. The molecule has 1 fully saturated rings. The average Bonchev–Trinajstić information content (AvgIpc) is 2.32. The van der Waals surface area contributed by atoms with Crippen LogP contribution in [0.4, 0.5) is 0 Å². The molecule has 1 aromatic rings. The highest BCUT2D eigenvalue weighted by atomic mass is 16.5. The Bertz CT molecular complexity index is 449. The van der Waals surface area contributed by atoms with Gasteiger partial charge in [-0.2, -0.15) is 0 Å². The summed E-state index contributed by atoms with van der Waals surface area (Å²) in [6.45, 7) is 3.02. The van der Waals surface area contributed by atoms with E-state index in [4.69, 9.17) is 14.6 Å². The van der Waals surface area contributed by atoms with Gasteiger partial charge in [0.15, 0.2) is 0 Å². The molecule has 1 N–H and O–H groups in total. The number of aryl methyl sites for hydroxylation is 1. The van der Waals surface area contributed by atoms with Gasteiger partial charge in [-0.25, -0.2) is 0 Å². The smallest absolute Gasteiger partial charge is 0.304 e. The van der Waals surface area contributed by atoms with Crippen molar-refractivity contribution < 1.29 is 19.4 Å². The molecule has 0 radical (unpaired) electrons. The van der Waals surface area contributed by atoms with Crippen LogP contribution in [0.1, 0.15) is 24.5 Å². The fourth-order valence-electron chi connectivity index (χ4n) is 2.39. The number of carbonyl (C=O) groups is 1. The molecule has 0 unspecified atom stereocenters. The third-order valence-corrected chi connectivity index (χ3v) is 3.52. The molecular formula is C14H18O4. The van der Waals surface area contributed by atoms with E-state index in [-0.39, 0.29) is 11.8 Å². The van der Waals surface area contributed by atoms with E-state index in [1.807, 2.05) is 18.2 Å². The van der Waals surface area contributed by atoms with E-state index in [0.29, 0.717) is 13.2 Å². The van der Waals surface area contributed by atoms with Gasteiger partial charge in [0, 0.05) is 0 Å². The van der Waals surface area contributed by atoms with Crippen molar-refractivity contribution in [2.75, 3.05) is 20.3 Å². The van der Waals surface area contributed by atoms with Crippen LogP contribution in [-0.2, 0) is 21.4 Å². The monoisotopic (exact) mass is 250 g/mol. The summed E-state index contributed by atoms with van der Waals surface area (Å²) in [4.78, 5) is 11.0. The number of methoxy groups -OCH3 is 1. The predicted octanol–water partition coefficient (Wildman–Crippen LogP) is 2.00. The summed E-state index contributed by atoms with van der Waals surface area (Å²) in [6.07, 6.45) is 0.976. The summed E-state index contributed by atoms with van der Waals surface area (Å²) in [5.74, 6) is 0.0686. The second kappa shape index (κ2) is 4.98. The van der Waals surface area contributed by atoms with Gasteiger partial charge in [-0.15, -0.1) is 0 Å². The van der Waals surface area contributed by atoms with Gasteiger partial charge in [0.2, 0.25) is 0 Å². The molecule has 0 amide bonds. The van der Waals surface area contributed by atoms with Crippen LogP contribution >= 0.6 is 0 Å². The van der Waals surface area contributed by atoms with E-state index in [1.54, 1.807) is 7.11 Å². The summed E-state index contributed by atoms with van der Waals surface area (Å²) in [6, 6.07) is 5.91. The highest BCUT2D eigenvalue weighted by molar-refractivity contribution is 5.69. The zero-order valence-electron chi connectivity index (χ0n) is 10.7. The summed E-state index contributed by atoms with van der Waals surface area (Å²) in [5, 5.41) is 9.02. The maximum Gasteiger partial charge on any atom is 0.304 e. The summed E-state index contributed by atoms with van der Waals surface area (Å²) >= 11 is 0. The Morgan fingerprint density at radius 2 is 2.22 bits per heavy atom. The molecule has 98 valence electrons. The maximum atomic E-state index is 11.0. The summed E-state index contributed by atoms with van der Waals surface area (Å²) < 4.78 is 10.5. The first-order valence-corrected chi connectivity index (χ1v) is 6.08. The molecule has 0 saturated carbocycles. The minimum atomic E-state index is -0.785. The molecule has 18 heavy (non-hydrogen) atoms. The Kier molecular flexibility index (Phi) is 3.57. The zero-order valence-corrected chi connectivity index (χ0v) is 10.7. The van der Waals surface area contributed by atoms with E-state index in [1.165, 1.54) is 0 Å². The first-order chi connectivity index (χ1) is 8.61. The van der Waals surface area contributed by atoms with Crippen LogP contribution in [0.5, 0.6) is 5.75 Å². The Balaban J connectivity index is 2.34. The van der Waals surface area contributed by atoms with Crippen molar-refractivity contribution in [1.29, 1.82) is 0 Å². The molecule has 0 bridgehead atoms. The number of hydrogen-bond donors (Lipinski definition) is 1. The SMILES string of the molecule is CCc1cc(C2(CC(=O)O)COC2)ccc1OC. The molecule has 1 heterocycles. The normalized spacial score (nSPS) is 17.0. The summed E-state index contributed by atoms with van der Waals surface area (Å²) in [7, 11) is 1.65. The zero-order chi connectivity index (χ0) is 13.2. The third kappa shape index (κ3) is 2.20. The van der Waals surface area contributed by atoms with Gasteiger partial charge in [-0.3, -0.25) is 4.79 Å². The number of benzene rings is 1. The lowest BCUT2D eigenvalue weighted by atomic mass is 9.75. The number of hydrogen-bond acceptors (Lipinski definition) is 3. The van der Waals surface area contributed by atoms with Crippen molar-refractivity contribution in [1.82, 2.24) is 0 Å². The highest BCUT2D eigenvalue weighted by Crippen LogP contribution is 2.37. The van der Waals surface area contributed by atoms with Gasteiger partial charge < -0.3 is 14.6 Å². The molecular weight excluding hydrogens is 232 g/mol. The number of ether oxygens (including phenoxy) is 2. The molecule has 1 aliphatic rings. The van der Waals surface area contributed by atoms with E-state index in [2.05, 4.69) is 6.92 Å². The van der Waals surface area contributed by atoms with Gasteiger partial charge >= 0.3 is 5.97 Å². The topological polar surface area (TPSA) is 55.8 Å². The minimum absolute atomic E-state index is 0.114. The van der Waals surface area contributed by atoms with Crippen LogP contribution in [0.25, 0.3) is 0 Å². The predicted molar refractivity (Wildman–Crippen MR) is 67.1 cm³/mol. The molecule has 1 aliphatic heterocycles. The molecule has 1 aromatic carbocycles. The minimum Gasteiger partial charge on any atom is -0.496 e. The van der Waals surface area contributed by atoms with Crippen molar-refractivity contribution in [3.8, 4) is 5.75 Å². The van der Waals surface area contributed by atoms with Gasteiger partial charge in [0.1, 0.15) is 5.75 Å². The first kappa shape index (κ1) is 12.9. The molecule has 0 aliphatic carbocycles. The number of carboxylic acid groups (broad SMARTS) is 1. The van der Waals surface area contributed by atoms with Crippen LogP contribution in [-0.4, -0.2) is 31.4 Å². The number of aliphatic carboxylic acids is 1. The van der Waals surface area contributed by atoms with E-state index in [9.17, 15) is 4.79 Å². The molecule has 1 saturated heterocycles. The molecule has 0 aromatic heterocycles. The molecule has 0 spiro atoms.